The van der Waals surface area contributed by atoms with Gasteiger partial charge in [0, 0.05) is 12.8 Å². The van der Waals surface area contributed by atoms with E-state index >= 15 is 0 Å². The zero-order valence-electron chi connectivity index (χ0n) is 8.58. The standard InChI is InChI=1S/C9H17NO4/c1-7(2)6-14-10-8(11)4-3-5-9(12)13/h7H,3-6H2,1-2H3,(H,10,11)(H,12,13). The molecule has 0 radical (unpaired) electrons. The van der Waals surface area contributed by atoms with Crippen molar-refractivity contribution in [1.82, 2.24) is 5.48 Å². The maximum absolute atomic E-state index is 11.0. The molecule has 0 saturated heterocycles. The average Bonchev–Trinajstić information content (AvgIpc) is 2.02. The number of hydrogen-bond acceptors (Lipinski definition) is 3. The Morgan fingerprint density at radius 2 is 2.00 bits per heavy atom. The molecule has 0 rings (SSSR count). The molecule has 0 spiro atoms. The van der Waals surface area contributed by atoms with Gasteiger partial charge in [-0.15, -0.1) is 0 Å². The fourth-order valence-corrected chi connectivity index (χ4v) is 0.740. The van der Waals surface area contributed by atoms with Crippen molar-refractivity contribution in [2.45, 2.75) is 33.1 Å². The summed E-state index contributed by atoms with van der Waals surface area (Å²) in [6.45, 7) is 4.40. The molecule has 14 heavy (non-hydrogen) atoms. The molecule has 5 nitrogen and oxygen atoms in total. The van der Waals surface area contributed by atoms with Crippen molar-refractivity contribution >= 4 is 11.9 Å². The number of carboxylic acids is 1. The summed E-state index contributed by atoms with van der Waals surface area (Å²) in [5.74, 6) is -0.804. The van der Waals surface area contributed by atoms with E-state index in [1.54, 1.807) is 0 Å². The van der Waals surface area contributed by atoms with Crippen LogP contribution in [0.1, 0.15) is 33.1 Å². The van der Waals surface area contributed by atoms with Gasteiger partial charge in [-0.25, -0.2) is 5.48 Å². The first-order valence-corrected chi connectivity index (χ1v) is 4.64. The molecule has 0 saturated carbocycles. The maximum atomic E-state index is 11.0. The number of carbonyl (C=O) groups is 2. The molecular formula is C9H17NO4. The van der Waals surface area contributed by atoms with E-state index in [4.69, 9.17) is 9.94 Å². The number of rotatable bonds is 7. The molecule has 0 aromatic rings. The minimum Gasteiger partial charge on any atom is -0.481 e. The Balaban J connectivity index is 3.33. The molecule has 0 fully saturated rings. The first-order chi connectivity index (χ1) is 6.52. The Bertz CT molecular complexity index is 191. The molecule has 0 aromatic carbocycles. The highest BCUT2D eigenvalue weighted by Crippen LogP contribution is 1.95. The van der Waals surface area contributed by atoms with Crippen molar-refractivity contribution in [3.8, 4) is 0 Å². The molecule has 0 bridgehead atoms. The summed E-state index contributed by atoms with van der Waals surface area (Å²) in [5, 5.41) is 8.31. The first kappa shape index (κ1) is 12.9. The number of amides is 1. The van der Waals surface area contributed by atoms with Crippen LogP contribution in [0, 0.1) is 5.92 Å². The van der Waals surface area contributed by atoms with Crippen molar-refractivity contribution in [3.05, 3.63) is 0 Å². The largest absolute Gasteiger partial charge is 0.481 e. The van der Waals surface area contributed by atoms with Crippen LogP contribution < -0.4 is 5.48 Å². The van der Waals surface area contributed by atoms with Gasteiger partial charge < -0.3 is 5.11 Å². The van der Waals surface area contributed by atoms with Crippen molar-refractivity contribution < 1.29 is 19.5 Å². The Hall–Kier alpha value is -1.10. The van der Waals surface area contributed by atoms with E-state index in [-0.39, 0.29) is 18.7 Å². The van der Waals surface area contributed by atoms with E-state index in [1.807, 2.05) is 13.8 Å². The lowest BCUT2D eigenvalue weighted by Crippen LogP contribution is -2.25. The average molecular weight is 203 g/mol. The van der Waals surface area contributed by atoms with Gasteiger partial charge in [0.2, 0.25) is 5.91 Å². The van der Waals surface area contributed by atoms with Gasteiger partial charge in [-0.1, -0.05) is 13.8 Å². The highest BCUT2D eigenvalue weighted by Gasteiger charge is 2.03. The minimum absolute atomic E-state index is 0.0115. The maximum Gasteiger partial charge on any atom is 0.303 e. The van der Waals surface area contributed by atoms with Crippen molar-refractivity contribution in [2.75, 3.05) is 6.61 Å². The zero-order valence-corrected chi connectivity index (χ0v) is 8.58. The zero-order chi connectivity index (χ0) is 11.0. The van der Waals surface area contributed by atoms with Crippen LogP contribution in [0.25, 0.3) is 0 Å². The lowest BCUT2D eigenvalue weighted by atomic mass is 10.2. The molecule has 0 aliphatic carbocycles. The molecule has 0 aromatic heterocycles. The predicted molar refractivity (Wildman–Crippen MR) is 50.4 cm³/mol. The van der Waals surface area contributed by atoms with E-state index in [0.29, 0.717) is 18.9 Å². The lowest BCUT2D eigenvalue weighted by molar-refractivity contribution is -0.137. The highest BCUT2D eigenvalue weighted by atomic mass is 16.6. The second-order valence-electron chi connectivity index (χ2n) is 3.48. The van der Waals surface area contributed by atoms with Gasteiger partial charge in [-0.3, -0.25) is 14.4 Å². The molecule has 0 unspecified atom stereocenters. The van der Waals surface area contributed by atoms with Gasteiger partial charge in [0.15, 0.2) is 0 Å². The quantitative estimate of drug-likeness (QED) is 0.604. The van der Waals surface area contributed by atoms with Gasteiger partial charge in [-0.2, -0.15) is 0 Å². The first-order valence-electron chi connectivity index (χ1n) is 4.64. The molecule has 0 heterocycles. The lowest BCUT2D eigenvalue weighted by Gasteiger charge is -2.06. The molecule has 0 aliphatic rings. The SMILES string of the molecule is CC(C)CONC(=O)CCCC(=O)O. The molecule has 2 N–H and O–H groups in total. The van der Waals surface area contributed by atoms with Crippen molar-refractivity contribution in [3.63, 3.8) is 0 Å². The Morgan fingerprint density at radius 1 is 1.36 bits per heavy atom. The number of carboxylic acid groups (broad SMARTS) is 1. The summed E-state index contributed by atoms with van der Waals surface area (Å²) in [6, 6.07) is 0. The Kier molecular flexibility index (Phi) is 6.74. The second-order valence-corrected chi connectivity index (χ2v) is 3.48. The van der Waals surface area contributed by atoms with Crippen LogP contribution in [0.5, 0.6) is 0 Å². The molecule has 82 valence electrons. The number of nitrogens with one attached hydrogen (secondary N) is 1. The molecule has 5 heteroatoms. The molecule has 0 aliphatic heterocycles. The fourth-order valence-electron chi connectivity index (χ4n) is 0.740. The third kappa shape index (κ3) is 8.99. The Morgan fingerprint density at radius 3 is 2.50 bits per heavy atom. The van der Waals surface area contributed by atoms with Crippen LogP contribution in [0.4, 0.5) is 0 Å². The van der Waals surface area contributed by atoms with Gasteiger partial charge in [0.1, 0.15) is 0 Å². The van der Waals surface area contributed by atoms with Gasteiger partial charge in [0.25, 0.3) is 0 Å². The van der Waals surface area contributed by atoms with E-state index in [9.17, 15) is 9.59 Å². The van der Waals surface area contributed by atoms with E-state index in [0.717, 1.165) is 0 Å². The molecule has 1 amide bonds. The summed E-state index contributed by atoms with van der Waals surface area (Å²) in [4.78, 5) is 26.0. The summed E-state index contributed by atoms with van der Waals surface area (Å²) in [5.41, 5.74) is 2.26. The van der Waals surface area contributed by atoms with Crippen molar-refractivity contribution in [2.24, 2.45) is 5.92 Å². The van der Waals surface area contributed by atoms with E-state index < -0.39 is 5.97 Å². The molecule has 0 atom stereocenters. The van der Waals surface area contributed by atoms with Crippen LogP contribution in [0.15, 0.2) is 0 Å². The monoisotopic (exact) mass is 203 g/mol. The number of hydrogen-bond donors (Lipinski definition) is 2. The summed E-state index contributed by atoms with van der Waals surface area (Å²) < 4.78 is 0. The van der Waals surface area contributed by atoms with E-state index in [1.165, 1.54) is 0 Å². The number of carbonyl (C=O) groups excluding carboxylic acids is 1. The fraction of sp³-hybridized carbons (Fsp3) is 0.778. The topological polar surface area (TPSA) is 75.6 Å². The summed E-state index contributed by atoms with van der Waals surface area (Å²) >= 11 is 0. The van der Waals surface area contributed by atoms with E-state index in [2.05, 4.69) is 5.48 Å². The second kappa shape index (κ2) is 7.32. The predicted octanol–water partition coefficient (Wildman–Crippen LogP) is 0.945. The van der Waals surface area contributed by atoms with Gasteiger partial charge >= 0.3 is 5.97 Å². The minimum atomic E-state index is -0.888. The van der Waals surface area contributed by atoms with Crippen molar-refractivity contribution in [1.29, 1.82) is 0 Å². The van der Waals surface area contributed by atoms with Gasteiger partial charge in [0.05, 0.1) is 6.61 Å². The summed E-state index contributed by atoms with van der Waals surface area (Å²) in [7, 11) is 0. The number of hydroxylamine groups is 1. The highest BCUT2D eigenvalue weighted by molar-refractivity contribution is 5.75. The molecular weight excluding hydrogens is 186 g/mol. The normalized spacial score (nSPS) is 10.2. The Labute approximate surface area is 83.4 Å². The van der Waals surface area contributed by atoms with Crippen LogP contribution in [-0.2, 0) is 14.4 Å². The third-order valence-electron chi connectivity index (χ3n) is 1.40. The van der Waals surface area contributed by atoms with Gasteiger partial charge in [-0.05, 0) is 12.3 Å². The third-order valence-corrected chi connectivity index (χ3v) is 1.40. The van der Waals surface area contributed by atoms with Crippen LogP contribution >= 0.6 is 0 Å². The summed E-state index contributed by atoms with van der Waals surface area (Å²) in [6.07, 6.45) is 0.536. The van der Waals surface area contributed by atoms with Crippen LogP contribution in [-0.4, -0.2) is 23.6 Å². The van der Waals surface area contributed by atoms with Crippen LogP contribution in [0.3, 0.4) is 0 Å². The van der Waals surface area contributed by atoms with Crippen LogP contribution in [0.2, 0.25) is 0 Å². The number of aliphatic carboxylic acids is 1. The smallest absolute Gasteiger partial charge is 0.303 e.